The van der Waals surface area contributed by atoms with Crippen LogP contribution in [-0.4, -0.2) is 50.7 Å². The van der Waals surface area contributed by atoms with E-state index in [0.717, 1.165) is 30.8 Å². The SMILES string of the molecule is CN=C(NCc1ccc(OC)cc1)NCC(C)N(C)C1CC1.I. The van der Waals surface area contributed by atoms with Gasteiger partial charge in [0.05, 0.1) is 7.11 Å². The Labute approximate surface area is 156 Å². The normalized spacial score (nSPS) is 15.8. The van der Waals surface area contributed by atoms with E-state index in [4.69, 9.17) is 4.74 Å². The highest BCUT2D eigenvalue weighted by Crippen LogP contribution is 2.26. The molecule has 2 rings (SSSR count). The number of halogens is 1. The Bertz CT molecular complexity index is 488. The third kappa shape index (κ3) is 6.55. The first kappa shape index (κ1) is 20.0. The van der Waals surface area contributed by atoms with Gasteiger partial charge in [-0.05, 0) is 44.5 Å². The number of aliphatic imine (C=N–C) groups is 1. The van der Waals surface area contributed by atoms with Crippen molar-refractivity contribution in [3.05, 3.63) is 29.8 Å². The molecule has 1 aromatic rings. The smallest absolute Gasteiger partial charge is 0.191 e. The zero-order valence-electron chi connectivity index (χ0n) is 14.5. The molecular weight excluding hydrogens is 403 g/mol. The topological polar surface area (TPSA) is 48.9 Å². The summed E-state index contributed by atoms with van der Waals surface area (Å²) in [5.74, 6) is 1.72. The lowest BCUT2D eigenvalue weighted by Gasteiger charge is -2.25. The Hall–Kier alpha value is -1.02. The van der Waals surface area contributed by atoms with E-state index in [0.29, 0.717) is 6.04 Å². The summed E-state index contributed by atoms with van der Waals surface area (Å²) in [6, 6.07) is 9.35. The van der Waals surface area contributed by atoms with Crippen molar-refractivity contribution >= 4 is 29.9 Å². The predicted molar refractivity (Wildman–Crippen MR) is 107 cm³/mol. The number of nitrogens with one attached hydrogen (secondary N) is 2. The molecule has 1 aliphatic carbocycles. The van der Waals surface area contributed by atoms with Crippen LogP contribution in [0.25, 0.3) is 0 Å². The molecule has 1 fully saturated rings. The Balaban J connectivity index is 0.00000264. The highest BCUT2D eigenvalue weighted by Gasteiger charge is 2.28. The van der Waals surface area contributed by atoms with Crippen molar-refractivity contribution < 1.29 is 4.74 Å². The van der Waals surface area contributed by atoms with Gasteiger partial charge in [0.25, 0.3) is 0 Å². The monoisotopic (exact) mass is 432 g/mol. The van der Waals surface area contributed by atoms with E-state index in [-0.39, 0.29) is 24.0 Å². The van der Waals surface area contributed by atoms with E-state index < -0.39 is 0 Å². The molecule has 0 amide bonds. The van der Waals surface area contributed by atoms with Crippen LogP contribution in [0.3, 0.4) is 0 Å². The van der Waals surface area contributed by atoms with E-state index in [9.17, 15) is 0 Å². The Morgan fingerprint density at radius 3 is 2.48 bits per heavy atom. The molecule has 130 valence electrons. The van der Waals surface area contributed by atoms with Crippen molar-refractivity contribution in [1.82, 2.24) is 15.5 Å². The molecule has 6 heteroatoms. The van der Waals surface area contributed by atoms with Gasteiger partial charge >= 0.3 is 0 Å². The zero-order valence-corrected chi connectivity index (χ0v) is 16.8. The van der Waals surface area contributed by atoms with Crippen LogP contribution in [0.2, 0.25) is 0 Å². The van der Waals surface area contributed by atoms with Gasteiger partial charge in [-0.3, -0.25) is 9.89 Å². The fourth-order valence-electron chi connectivity index (χ4n) is 2.38. The predicted octanol–water partition coefficient (Wildman–Crippen LogP) is 2.46. The number of hydrogen-bond acceptors (Lipinski definition) is 3. The molecule has 5 nitrogen and oxygen atoms in total. The summed E-state index contributed by atoms with van der Waals surface area (Å²) in [6.45, 7) is 3.90. The molecule has 2 N–H and O–H groups in total. The summed E-state index contributed by atoms with van der Waals surface area (Å²) >= 11 is 0. The molecule has 0 radical (unpaired) electrons. The second-order valence-corrected chi connectivity index (χ2v) is 5.90. The molecule has 1 aromatic carbocycles. The average molecular weight is 432 g/mol. The molecule has 1 aliphatic rings. The minimum Gasteiger partial charge on any atom is -0.497 e. The summed E-state index contributed by atoms with van der Waals surface area (Å²) in [5.41, 5.74) is 1.20. The minimum absolute atomic E-state index is 0. The molecule has 0 heterocycles. The van der Waals surface area contributed by atoms with Crippen LogP contribution in [-0.2, 0) is 6.54 Å². The van der Waals surface area contributed by atoms with E-state index in [2.05, 4.69) is 46.6 Å². The molecule has 1 saturated carbocycles. The number of guanidine groups is 1. The van der Waals surface area contributed by atoms with E-state index in [1.54, 1.807) is 14.2 Å². The quantitative estimate of drug-likeness (QED) is 0.395. The van der Waals surface area contributed by atoms with Crippen molar-refractivity contribution in [2.45, 2.75) is 38.4 Å². The summed E-state index contributed by atoms with van der Waals surface area (Å²) in [7, 11) is 5.69. The van der Waals surface area contributed by atoms with Gasteiger partial charge in [-0.15, -0.1) is 24.0 Å². The molecule has 0 aliphatic heterocycles. The Kier molecular flexibility index (Phi) is 8.68. The number of rotatable bonds is 7. The van der Waals surface area contributed by atoms with Crippen LogP contribution in [0.5, 0.6) is 5.75 Å². The first-order chi connectivity index (χ1) is 10.6. The van der Waals surface area contributed by atoms with Gasteiger partial charge in [-0.25, -0.2) is 0 Å². The van der Waals surface area contributed by atoms with Gasteiger partial charge in [0.1, 0.15) is 5.75 Å². The van der Waals surface area contributed by atoms with E-state index >= 15 is 0 Å². The van der Waals surface area contributed by atoms with Crippen LogP contribution >= 0.6 is 24.0 Å². The van der Waals surface area contributed by atoms with Gasteiger partial charge in [0.15, 0.2) is 5.96 Å². The lowest BCUT2D eigenvalue weighted by Crippen LogP contribution is -2.45. The van der Waals surface area contributed by atoms with E-state index in [1.807, 2.05) is 12.1 Å². The molecule has 1 unspecified atom stereocenters. The van der Waals surface area contributed by atoms with Crippen molar-refractivity contribution in [1.29, 1.82) is 0 Å². The zero-order chi connectivity index (χ0) is 15.9. The summed E-state index contributed by atoms with van der Waals surface area (Å²) in [5, 5.41) is 6.74. The summed E-state index contributed by atoms with van der Waals surface area (Å²) in [4.78, 5) is 6.73. The van der Waals surface area contributed by atoms with Crippen LogP contribution in [0.1, 0.15) is 25.3 Å². The lowest BCUT2D eigenvalue weighted by molar-refractivity contribution is 0.247. The molecule has 0 aromatic heterocycles. The fourth-order valence-corrected chi connectivity index (χ4v) is 2.38. The highest BCUT2D eigenvalue weighted by atomic mass is 127. The fraction of sp³-hybridized carbons (Fsp3) is 0.588. The van der Waals surface area contributed by atoms with Crippen LogP contribution < -0.4 is 15.4 Å². The second kappa shape index (κ2) is 9.97. The standard InChI is InChI=1S/C17H28N4O.HI/c1-13(21(3)15-7-8-15)11-19-17(18-2)20-12-14-5-9-16(22-4)10-6-14;/h5-6,9-10,13,15H,7-8,11-12H2,1-4H3,(H2,18,19,20);1H. The molecule has 0 bridgehead atoms. The lowest BCUT2D eigenvalue weighted by atomic mass is 10.2. The van der Waals surface area contributed by atoms with Gasteiger partial charge < -0.3 is 15.4 Å². The third-order valence-electron chi connectivity index (χ3n) is 4.23. The molecular formula is C17H29IN4O. The molecule has 0 saturated heterocycles. The first-order valence-corrected chi connectivity index (χ1v) is 7.93. The Morgan fingerprint density at radius 2 is 1.96 bits per heavy atom. The number of benzene rings is 1. The maximum atomic E-state index is 5.17. The van der Waals surface area contributed by atoms with Gasteiger partial charge in [-0.2, -0.15) is 0 Å². The summed E-state index contributed by atoms with van der Waals surface area (Å²) in [6.07, 6.45) is 2.68. The summed E-state index contributed by atoms with van der Waals surface area (Å²) < 4.78 is 5.17. The number of ether oxygens (including phenoxy) is 1. The van der Waals surface area contributed by atoms with Crippen LogP contribution in [0, 0.1) is 0 Å². The molecule has 1 atom stereocenters. The number of methoxy groups -OCH3 is 1. The van der Waals surface area contributed by atoms with Crippen LogP contribution in [0.4, 0.5) is 0 Å². The van der Waals surface area contributed by atoms with E-state index in [1.165, 1.54) is 18.4 Å². The van der Waals surface area contributed by atoms with Gasteiger partial charge in [0.2, 0.25) is 0 Å². The molecule has 23 heavy (non-hydrogen) atoms. The Morgan fingerprint density at radius 1 is 1.30 bits per heavy atom. The van der Waals surface area contributed by atoms with Crippen molar-refractivity contribution in [3.8, 4) is 5.75 Å². The average Bonchev–Trinajstić information content (AvgIpc) is 3.39. The van der Waals surface area contributed by atoms with Crippen molar-refractivity contribution in [3.63, 3.8) is 0 Å². The van der Waals surface area contributed by atoms with Crippen molar-refractivity contribution in [2.24, 2.45) is 4.99 Å². The largest absolute Gasteiger partial charge is 0.497 e. The van der Waals surface area contributed by atoms with Crippen LogP contribution in [0.15, 0.2) is 29.3 Å². The van der Waals surface area contributed by atoms with Crippen molar-refractivity contribution in [2.75, 3.05) is 27.7 Å². The third-order valence-corrected chi connectivity index (χ3v) is 4.23. The second-order valence-electron chi connectivity index (χ2n) is 5.90. The highest BCUT2D eigenvalue weighted by molar-refractivity contribution is 14.0. The number of nitrogens with zero attached hydrogens (tertiary/aromatic N) is 2. The minimum atomic E-state index is 0. The number of hydrogen-bond donors (Lipinski definition) is 2. The molecule has 0 spiro atoms. The van der Waals surface area contributed by atoms with Gasteiger partial charge in [-0.1, -0.05) is 12.1 Å². The first-order valence-electron chi connectivity index (χ1n) is 7.93. The maximum absolute atomic E-state index is 5.17. The number of likely N-dealkylation sites (N-methyl/N-ethyl adjacent to an activating group) is 1. The maximum Gasteiger partial charge on any atom is 0.191 e. The van der Waals surface area contributed by atoms with Gasteiger partial charge in [0, 0.05) is 32.2 Å².